The molecule has 1 aromatic heterocycles. The van der Waals surface area contributed by atoms with Crippen LogP contribution >= 0.6 is 0 Å². The highest BCUT2D eigenvalue weighted by molar-refractivity contribution is 5.91. The molecule has 1 heterocycles. The summed E-state index contributed by atoms with van der Waals surface area (Å²) in [6, 6.07) is 15.4. The van der Waals surface area contributed by atoms with Crippen molar-refractivity contribution in [2.24, 2.45) is 0 Å². The summed E-state index contributed by atoms with van der Waals surface area (Å²) in [4.78, 5) is 21.0. The van der Waals surface area contributed by atoms with Crippen LogP contribution in [0.3, 0.4) is 0 Å². The molecule has 0 saturated carbocycles. The van der Waals surface area contributed by atoms with Gasteiger partial charge < -0.3 is 25.4 Å². The van der Waals surface area contributed by atoms with Gasteiger partial charge in [-0.2, -0.15) is 0 Å². The number of carbonyl (C=O) groups excluding carboxylic acids is 1. The highest BCUT2D eigenvalue weighted by Gasteiger charge is 2.14. The van der Waals surface area contributed by atoms with Crippen molar-refractivity contribution in [3.05, 3.63) is 66.5 Å². The van der Waals surface area contributed by atoms with Gasteiger partial charge in [0.1, 0.15) is 11.6 Å². The van der Waals surface area contributed by atoms with Gasteiger partial charge in [-0.15, -0.1) is 0 Å². The number of urea groups is 1. The predicted molar refractivity (Wildman–Crippen MR) is 126 cm³/mol. The maximum atomic E-state index is 11.9. The number of hydrogen-bond acceptors (Lipinski definition) is 6. The fraction of sp³-hybridized carbons (Fsp3) is 0.292. The number of benzene rings is 2. The summed E-state index contributed by atoms with van der Waals surface area (Å²) >= 11 is 0. The summed E-state index contributed by atoms with van der Waals surface area (Å²) in [5, 5.41) is 8.95. The van der Waals surface area contributed by atoms with Gasteiger partial charge >= 0.3 is 6.03 Å². The van der Waals surface area contributed by atoms with Crippen LogP contribution in [0.1, 0.15) is 24.9 Å². The molecule has 0 bridgehead atoms. The second kappa shape index (κ2) is 11.7. The normalized spacial score (nSPS) is 11.5. The SMILES string of the molecule is CCNC(=O)Nc1ccc(-c2cncc(NC(CCOC)c3ccccc3)n2)cc1OC. The fourth-order valence-corrected chi connectivity index (χ4v) is 3.28. The molecule has 32 heavy (non-hydrogen) atoms. The number of nitrogens with one attached hydrogen (secondary N) is 3. The summed E-state index contributed by atoms with van der Waals surface area (Å²) in [6.45, 7) is 3.02. The van der Waals surface area contributed by atoms with E-state index in [-0.39, 0.29) is 12.1 Å². The van der Waals surface area contributed by atoms with Crippen LogP contribution in [-0.4, -0.2) is 43.4 Å². The van der Waals surface area contributed by atoms with Gasteiger partial charge in [-0.25, -0.2) is 9.78 Å². The van der Waals surface area contributed by atoms with E-state index in [0.29, 0.717) is 36.1 Å². The van der Waals surface area contributed by atoms with Gasteiger partial charge in [0.15, 0.2) is 0 Å². The first kappa shape index (κ1) is 23.0. The number of hydrogen-bond donors (Lipinski definition) is 3. The summed E-state index contributed by atoms with van der Waals surface area (Å²) in [5.41, 5.74) is 3.25. The molecule has 168 valence electrons. The summed E-state index contributed by atoms with van der Waals surface area (Å²) < 4.78 is 10.7. The Bertz CT molecular complexity index is 1010. The number of nitrogens with zero attached hydrogens (tertiary/aromatic N) is 2. The van der Waals surface area contributed by atoms with E-state index >= 15 is 0 Å². The first-order valence-corrected chi connectivity index (χ1v) is 10.5. The van der Waals surface area contributed by atoms with Gasteiger partial charge in [-0.3, -0.25) is 4.98 Å². The summed E-state index contributed by atoms with van der Waals surface area (Å²) in [6.07, 6.45) is 4.19. The highest BCUT2D eigenvalue weighted by Crippen LogP contribution is 2.30. The molecule has 8 heteroatoms. The zero-order chi connectivity index (χ0) is 22.8. The van der Waals surface area contributed by atoms with Crippen LogP contribution in [0.4, 0.5) is 16.3 Å². The van der Waals surface area contributed by atoms with Gasteiger partial charge in [-0.1, -0.05) is 36.4 Å². The van der Waals surface area contributed by atoms with Crippen molar-refractivity contribution in [2.45, 2.75) is 19.4 Å². The monoisotopic (exact) mass is 435 g/mol. The van der Waals surface area contributed by atoms with Gasteiger partial charge in [0.25, 0.3) is 0 Å². The maximum absolute atomic E-state index is 11.9. The van der Waals surface area contributed by atoms with Crippen LogP contribution in [-0.2, 0) is 4.74 Å². The van der Waals surface area contributed by atoms with Crippen molar-refractivity contribution >= 4 is 17.5 Å². The Morgan fingerprint density at radius 3 is 2.62 bits per heavy atom. The molecule has 1 unspecified atom stereocenters. The number of carbonyl (C=O) groups is 1. The standard InChI is InChI=1S/C24H29N5O3/c1-4-26-24(30)29-20-11-10-18(14-22(20)32-3)21-15-25-16-23(28-21)27-19(12-13-31-2)17-8-6-5-7-9-17/h5-11,14-16,19H,4,12-13H2,1-3H3,(H,27,28)(H2,26,29,30). The third kappa shape index (κ3) is 6.18. The van der Waals surface area contributed by atoms with Crippen molar-refractivity contribution < 1.29 is 14.3 Å². The Hall–Kier alpha value is -3.65. The lowest BCUT2D eigenvalue weighted by Gasteiger charge is -2.20. The lowest BCUT2D eigenvalue weighted by atomic mass is 10.0. The minimum atomic E-state index is -0.285. The Labute approximate surface area is 188 Å². The molecule has 0 aliphatic carbocycles. The molecule has 3 rings (SSSR count). The van der Waals surface area contributed by atoms with E-state index in [9.17, 15) is 4.79 Å². The molecule has 0 spiro atoms. The molecule has 2 aromatic carbocycles. The van der Waals surface area contributed by atoms with E-state index in [4.69, 9.17) is 14.5 Å². The second-order valence-electron chi connectivity index (χ2n) is 7.08. The number of rotatable bonds is 10. The van der Waals surface area contributed by atoms with E-state index in [0.717, 1.165) is 17.5 Å². The molecule has 0 fully saturated rings. The molecular weight excluding hydrogens is 406 g/mol. The van der Waals surface area contributed by atoms with E-state index in [1.165, 1.54) is 0 Å². The van der Waals surface area contributed by atoms with Gasteiger partial charge in [0.2, 0.25) is 0 Å². The predicted octanol–water partition coefficient (Wildman–Crippen LogP) is 4.48. The van der Waals surface area contributed by atoms with Crippen molar-refractivity contribution in [2.75, 3.05) is 38.0 Å². The average molecular weight is 436 g/mol. The number of methoxy groups -OCH3 is 2. The third-order valence-corrected chi connectivity index (χ3v) is 4.85. The zero-order valence-electron chi connectivity index (χ0n) is 18.6. The minimum Gasteiger partial charge on any atom is -0.495 e. The molecule has 1 atom stereocenters. The Kier molecular flexibility index (Phi) is 8.39. The van der Waals surface area contributed by atoms with Crippen LogP contribution in [0.2, 0.25) is 0 Å². The topological polar surface area (TPSA) is 97.4 Å². The molecule has 0 saturated heterocycles. The number of aromatic nitrogens is 2. The summed E-state index contributed by atoms with van der Waals surface area (Å²) in [7, 11) is 3.26. The Morgan fingerprint density at radius 2 is 1.91 bits per heavy atom. The average Bonchev–Trinajstić information content (AvgIpc) is 2.83. The fourth-order valence-electron chi connectivity index (χ4n) is 3.28. The quantitative estimate of drug-likeness (QED) is 0.434. The smallest absolute Gasteiger partial charge is 0.319 e. The van der Waals surface area contributed by atoms with Crippen molar-refractivity contribution in [3.63, 3.8) is 0 Å². The van der Waals surface area contributed by atoms with E-state index < -0.39 is 0 Å². The first-order chi connectivity index (χ1) is 15.6. The van der Waals surface area contributed by atoms with Crippen molar-refractivity contribution in [3.8, 4) is 17.0 Å². The first-order valence-electron chi connectivity index (χ1n) is 10.5. The Balaban J connectivity index is 1.82. The lowest BCUT2D eigenvalue weighted by molar-refractivity contribution is 0.190. The summed E-state index contributed by atoms with van der Waals surface area (Å²) in [5.74, 6) is 1.20. The molecule has 8 nitrogen and oxygen atoms in total. The van der Waals surface area contributed by atoms with Crippen molar-refractivity contribution in [1.82, 2.24) is 15.3 Å². The van der Waals surface area contributed by atoms with Crippen molar-refractivity contribution in [1.29, 1.82) is 0 Å². The van der Waals surface area contributed by atoms with Crippen LogP contribution in [0.15, 0.2) is 60.9 Å². The van der Waals surface area contributed by atoms with Gasteiger partial charge in [0.05, 0.1) is 36.9 Å². The molecular formula is C24H29N5O3. The maximum Gasteiger partial charge on any atom is 0.319 e. The number of anilines is 2. The Morgan fingerprint density at radius 1 is 1.09 bits per heavy atom. The van der Waals surface area contributed by atoms with E-state index in [2.05, 4.69) is 33.1 Å². The van der Waals surface area contributed by atoms with Crippen LogP contribution in [0.25, 0.3) is 11.3 Å². The lowest BCUT2D eigenvalue weighted by Crippen LogP contribution is -2.28. The molecule has 3 aromatic rings. The van der Waals surface area contributed by atoms with Gasteiger partial charge in [-0.05, 0) is 31.0 Å². The second-order valence-corrected chi connectivity index (χ2v) is 7.08. The minimum absolute atomic E-state index is 0.0406. The van der Waals surface area contributed by atoms with Crippen LogP contribution < -0.4 is 20.7 Å². The highest BCUT2D eigenvalue weighted by atomic mass is 16.5. The molecule has 0 aliphatic heterocycles. The van der Waals surface area contributed by atoms with Crippen LogP contribution in [0.5, 0.6) is 5.75 Å². The van der Waals surface area contributed by atoms with Gasteiger partial charge in [0, 0.05) is 25.8 Å². The van der Waals surface area contributed by atoms with E-state index in [1.807, 2.05) is 37.3 Å². The number of amides is 2. The third-order valence-electron chi connectivity index (χ3n) is 4.85. The largest absolute Gasteiger partial charge is 0.495 e. The molecule has 0 radical (unpaired) electrons. The molecule has 3 N–H and O–H groups in total. The van der Waals surface area contributed by atoms with Crippen LogP contribution in [0, 0.1) is 0 Å². The zero-order valence-corrected chi connectivity index (χ0v) is 18.6. The molecule has 0 aliphatic rings. The molecule has 2 amide bonds. The number of ether oxygens (including phenoxy) is 2. The van der Waals surface area contributed by atoms with E-state index in [1.54, 1.807) is 32.7 Å².